The first-order chi connectivity index (χ1) is 12.8. The van der Waals surface area contributed by atoms with Gasteiger partial charge in [-0.05, 0) is 41.0 Å². The fraction of sp³-hybridized carbons (Fsp3) is 0.588. The Kier molecular flexibility index (Phi) is 5.57. The van der Waals surface area contributed by atoms with E-state index in [4.69, 9.17) is 14.2 Å². The minimum atomic E-state index is -0.581. The van der Waals surface area contributed by atoms with Crippen LogP contribution in [0.2, 0.25) is 0 Å². The predicted octanol–water partition coefficient (Wildman–Crippen LogP) is 2.19. The molecular formula is C17H22N4O4S. The van der Waals surface area contributed by atoms with Crippen LogP contribution in [0.1, 0.15) is 37.3 Å². The van der Waals surface area contributed by atoms with Gasteiger partial charge in [0.25, 0.3) is 0 Å². The van der Waals surface area contributed by atoms with Crippen LogP contribution in [0.5, 0.6) is 11.5 Å². The molecule has 1 aliphatic heterocycles. The molecule has 0 radical (unpaired) electrons. The molecule has 0 amide bonds. The molecule has 1 aromatic carbocycles. The van der Waals surface area contributed by atoms with Crippen LogP contribution in [0, 0.1) is 0 Å². The molecule has 1 aliphatic carbocycles. The maximum Gasteiger partial charge on any atom is 0.231 e. The molecule has 1 fully saturated rings. The Labute approximate surface area is 155 Å². The maximum atomic E-state index is 10.2. The van der Waals surface area contributed by atoms with Crippen molar-refractivity contribution < 1.29 is 19.3 Å². The molecule has 1 saturated carbocycles. The first-order valence-corrected chi connectivity index (χ1v) is 9.83. The summed E-state index contributed by atoms with van der Waals surface area (Å²) in [5, 5.41) is 22.9. The highest BCUT2D eigenvalue weighted by Gasteiger charge is 2.22. The molecule has 0 saturated heterocycles. The number of nitrogens with zero attached hydrogens (tertiary/aromatic N) is 4. The van der Waals surface area contributed by atoms with E-state index in [1.807, 2.05) is 22.9 Å². The third-order valence-electron chi connectivity index (χ3n) is 4.55. The second-order valence-corrected chi connectivity index (χ2v) is 7.50. The van der Waals surface area contributed by atoms with Crippen LogP contribution in [0.3, 0.4) is 0 Å². The number of aromatic nitrogens is 4. The number of hydrogen-bond acceptors (Lipinski definition) is 8. The van der Waals surface area contributed by atoms with Gasteiger partial charge in [-0.1, -0.05) is 30.7 Å². The van der Waals surface area contributed by atoms with Gasteiger partial charge < -0.3 is 19.3 Å². The first-order valence-electron chi connectivity index (χ1n) is 8.84. The molecule has 2 heterocycles. The highest BCUT2D eigenvalue weighted by atomic mass is 32.2. The molecule has 26 heavy (non-hydrogen) atoms. The SMILES string of the molecule is O[C@@H](COCc1ccc2c(c1)OCO2)CSc1nnnn1C1CCCC1. The second-order valence-electron chi connectivity index (χ2n) is 6.51. The van der Waals surface area contributed by atoms with Crippen LogP contribution in [-0.4, -0.2) is 50.6 Å². The molecule has 0 spiro atoms. The van der Waals surface area contributed by atoms with E-state index in [9.17, 15) is 5.11 Å². The summed E-state index contributed by atoms with van der Waals surface area (Å²) in [6.07, 6.45) is 4.12. The fourth-order valence-corrected chi connectivity index (χ4v) is 4.07. The number of fused-ring (bicyclic) bond motifs is 1. The van der Waals surface area contributed by atoms with Crippen molar-refractivity contribution in [3.05, 3.63) is 23.8 Å². The number of aliphatic hydroxyl groups is 1. The predicted molar refractivity (Wildman–Crippen MR) is 94.3 cm³/mol. The Bertz CT molecular complexity index is 735. The highest BCUT2D eigenvalue weighted by Crippen LogP contribution is 2.33. The second kappa shape index (κ2) is 8.24. The van der Waals surface area contributed by atoms with E-state index < -0.39 is 6.10 Å². The summed E-state index contributed by atoms with van der Waals surface area (Å²) in [4.78, 5) is 0. The summed E-state index contributed by atoms with van der Waals surface area (Å²) in [5.41, 5.74) is 0.985. The third-order valence-corrected chi connectivity index (χ3v) is 5.63. The summed E-state index contributed by atoms with van der Waals surface area (Å²) in [6, 6.07) is 6.10. The van der Waals surface area contributed by atoms with E-state index in [0.717, 1.165) is 35.1 Å². The molecule has 2 aliphatic rings. The number of tetrazole rings is 1. The van der Waals surface area contributed by atoms with Crippen molar-refractivity contribution in [3.8, 4) is 11.5 Å². The van der Waals surface area contributed by atoms with Crippen LogP contribution in [-0.2, 0) is 11.3 Å². The summed E-state index contributed by atoms with van der Waals surface area (Å²) in [7, 11) is 0. The molecule has 2 aromatic rings. The Morgan fingerprint density at radius 3 is 3.00 bits per heavy atom. The standard InChI is InChI=1S/C17H22N4O4S/c22-14(9-23-8-12-5-6-15-16(7-12)25-11-24-15)10-26-17-18-19-20-21(17)13-3-1-2-4-13/h5-7,13-14,22H,1-4,8-11H2/t14-/m0/s1. The minimum absolute atomic E-state index is 0.256. The first kappa shape index (κ1) is 17.6. The van der Waals surface area contributed by atoms with Crippen molar-refractivity contribution in [2.75, 3.05) is 19.2 Å². The zero-order valence-corrected chi connectivity index (χ0v) is 15.2. The summed E-state index contributed by atoms with van der Waals surface area (Å²) in [5.74, 6) is 1.99. The molecule has 9 heteroatoms. The van der Waals surface area contributed by atoms with E-state index in [-0.39, 0.29) is 13.4 Å². The number of hydrogen-bond donors (Lipinski definition) is 1. The monoisotopic (exact) mass is 378 g/mol. The van der Waals surface area contributed by atoms with Crippen LogP contribution >= 0.6 is 11.8 Å². The van der Waals surface area contributed by atoms with Gasteiger partial charge >= 0.3 is 0 Å². The minimum Gasteiger partial charge on any atom is -0.454 e. The van der Waals surface area contributed by atoms with Crippen molar-refractivity contribution >= 4 is 11.8 Å². The Balaban J connectivity index is 1.21. The molecule has 0 unspecified atom stereocenters. The fourth-order valence-electron chi connectivity index (χ4n) is 3.22. The molecule has 4 rings (SSSR count). The van der Waals surface area contributed by atoms with Gasteiger partial charge in [-0.15, -0.1) is 5.10 Å². The van der Waals surface area contributed by atoms with Gasteiger partial charge in [0.15, 0.2) is 11.5 Å². The molecule has 0 bridgehead atoms. The zero-order chi connectivity index (χ0) is 17.8. The normalized spacial score (nSPS) is 17.7. The lowest BCUT2D eigenvalue weighted by Crippen LogP contribution is -2.18. The van der Waals surface area contributed by atoms with E-state index >= 15 is 0 Å². The lowest BCUT2D eigenvalue weighted by Gasteiger charge is -2.13. The number of thioether (sulfide) groups is 1. The molecule has 8 nitrogen and oxygen atoms in total. The molecular weight excluding hydrogens is 356 g/mol. The largest absolute Gasteiger partial charge is 0.454 e. The van der Waals surface area contributed by atoms with E-state index in [1.165, 1.54) is 24.6 Å². The van der Waals surface area contributed by atoms with Gasteiger partial charge in [0.1, 0.15) is 0 Å². The smallest absolute Gasteiger partial charge is 0.231 e. The molecule has 1 N–H and O–H groups in total. The zero-order valence-electron chi connectivity index (χ0n) is 14.4. The van der Waals surface area contributed by atoms with Crippen LogP contribution in [0.25, 0.3) is 0 Å². The van der Waals surface area contributed by atoms with Gasteiger partial charge in [0.2, 0.25) is 11.9 Å². The van der Waals surface area contributed by atoms with Crippen molar-refractivity contribution in [1.29, 1.82) is 0 Å². The molecule has 140 valence electrons. The molecule has 1 atom stereocenters. The number of rotatable bonds is 8. The third kappa shape index (κ3) is 4.11. The van der Waals surface area contributed by atoms with Crippen LogP contribution in [0.4, 0.5) is 0 Å². The van der Waals surface area contributed by atoms with Gasteiger partial charge in [0.05, 0.1) is 25.4 Å². The summed E-state index contributed by atoms with van der Waals surface area (Å²) in [6.45, 7) is 0.931. The number of ether oxygens (including phenoxy) is 3. The van der Waals surface area contributed by atoms with Crippen molar-refractivity contribution in [2.45, 2.75) is 49.6 Å². The average molecular weight is 378 g/mol. The topological polar surface area (TPSA) is 91.5 Å². The Morgan fingerprint density at radius 2 is 2.12 bits per heavy atom. The quantitative estimate of drug-likeness (QED) is 0.699. The Morgan fingerprint density at radius 1 is 1.27 bits per heavy atom. The van der Waals surface area contributed by atoms with Crippen LogP contribution < -0.4 is 9.47 Å². The van der Waals surface area contributed by atoms with Crippen molar-refractivity contribution in [1.82, 2.24) is 20.2 Å². The van der Waals surface area contributed by atoms with Gasteiger partial charge in [-0.2, -0.15) is 0 Å². The lowest BCUT2D eigenvalue weighted by molar-refractivity contribution is 0.0397. The summed E-state index contributed by atoms with van der Waals surface area (Å²) < 4.78 is 18.2. The van der Waals surface area contributed by atoms with E-state index in [0.29, 0.717) is 18.4 Å². The van der Waals surface area contributed by atoms with Crippen LogP contribution in [0.15, 0.2) is 23.4 Å². The van der Waals surface area contributed by atoms with Crippen molar-refractivity contribution in [3.63, 3.8) is 0 Å². The Hall–Kier alpha value is -1.84. The molecule has 1 aromatic heterocycles. The highest BCUT2D eigenvalue weighted by molar-refractivity contribution is 7.99. The number of benzene rings is 1. The summed E-state index contributed by atoms with van der Waals surface area (Å²) >= 11 is 1.47. The lowest BCUT2D eigenvalue weighted by atomic mass is 10.2. The van der Waals surface area contributed by atoms with E-state index in [1.54, 1.807) is 0 Å². The van der Waals surface area contributed by atoms with Gasteiger partial charge in [-0.3, -0.25) is 0 Å². The van der Waals surface area contributed by atoms with E-state index in [2.05, 4.69) is 15.5 Å². The van der Waals surface area contributed by atoms with Gasteiger partial charge in [-0.25, -0.2) is 4.68 Å². The average Bonchev–Trinajstić information content (AvgIpc) is 3.39. The van der Waals surface area contributed by atoms with Crippen molar-refractivity contribution in [2.24, 2.45) is 0 Å². The van der Waals surface area contributed by atoms with Gasteiger partial charge in [0, 0.05) is 5.75 Å². The number of aliphatic hydroxyl groups excluding tert-OH is 1. The maximum absolute atomic E-state index is 10.2.